The Bertz CT molecular complexity index is 731. The quantitative estimate of drug-likeness (QED) is 0.651. The minimum Gasteiger partial charge on any atom is -0.493 e. The van der Waals surface area contributed by atoms with Crippen LogP contribution in [-0.4, -0.2) is 25.8 Å². The summed E-state index contributed by atoms with van der Waals surface area (Å²) in [7, 11) is 1.35. The molecule has 1 amide bonds. The summed E-state index contributed by atoms with van der Waals surface area (Å²) in [5.74, 6) is -0.304. The number of methoxy groups -OCH3 is 1. The molecule has 0 aliphatic carbocycles. The van der Waals surface area contributed by atoms with Crippen molar-refractivity contribution in [3.8, 4) is 11.5 Å². The van der Waals surface area contributed by atoms with E-state index in [9.17, 15) is 13.6 Å². The van der Waals surface area contributed by atoms with Gasteiger partial charge in [-0.05, 0) is 42.8 Å². The van der Waals surface area contributed by atoms with E-state index in [0.717, 1.165) is 5.56 Å². The Hall–Kier alpha value is -2.96. The Labute approximate surface area is 137 Å². The smallest absolute Gasteiger partial charge is 0.387 e. The van der Waals surface area contributed by atoms with Crippen molar-refractivity contribution in [2.45, 2.75) is 13.5 Å². The van der Waals surface area contributed by atoms with Gasteiger partial charge in [0.15, 0.2) is 11.5 Å². The molecule has 126 valence electrons. The lowest BCUT2D eigenvalue weighted by atomic mass is 10.1. The van der Waals surface area contributed by atoms with Crippen LogP contribution in [0.1, 0.15) is 21.5 Å². The summed E-state index contributed by atoms with van der Waals surface area (Å²) in [6, 6.07) is 11.4. The van der Waals surface area contributed by atoms with Crippen LogP contribution in [0.25, 0.3) is 0 Å². The largest absolute Gasteiger partial charge is 0.493 e. The molecule has 0 heterocycles. The van der Waals surface area contributed by atoms with Gasteiger partial charge in [-0.25, -0.2) is 5.43 Å². The molecule has 0 aromatic heterocycles. The molecule has 2 aromatic rings. The van der Waals surface area contributed by atoms with Crippen molar-refractivity contribution in [1.82, 2.24) is 5.43 Å². The summed E-state index contributed by atoms with van der Waals surface area (Å²) in [6.07, 6.45) is 1.32. The molecule has 1 N–H and O–H groups in total. The zero-order chi connectivity index (χ0) is 17.5. The Balaban J connectivity index is 2.05. The predicted molar refractivity (Wildman–Crippen MR) is 85.9 cm³/mol. The number of benzene rings is 2. The monoisotopic (exact) mass is 334 g/mol. The van der Waals surface area contributed by atoms with Crippen molar-refractivity contribution in [2.75, 3.05) is 7.11 Å². The zero-order valence-corrected chi connectivity index (χ0v) is 13.1. The van der Waals surface area contributed by atoms with Crippen LogP contribution in [0.4, 0.5) is 8.78 Å². The van der Waals surface area contributed by atoms with Crippen LogP contribution in [0.2, 0.25) is 0 Å². The molecule has 5 nitrogen and oxygen atoms in total. The van der Waals surface area contributed by atoms with E-state index in [4.69, 9.17) is 4.74 Å². The van der Waals surface area contributed by atoms with Crippen LogP contribution >= 0.6 is 0 Å². The molecule has 7 heteroatoms. The van der Waals surface area contributed by atoms with Crippen molar-refractivity contribution < 1.29 is 23.0 Å². The normalized spacial score (nSPS) is 10.9. The van der Waals surface area contributed by atoms with Gasteiger partial charge in [0.2, 0.25) is 0 Å². The molecule has 0 saturated heterocycles. The third-order valence-corrected chi connectivity index (χ3v) is 3.10. The maximum atomic E-state index is 12.4. The van der Waals surface area contributed by atoms with Crippen molar-refractivity contribution >= 4 is 12.1 Å². The Morgan fingerprint density at radius 2 is 1.88 bits per heavy atom. The van der Waals surface area contributed by atoms with E-state index in [1.807, 2.05) is 19.1 Å². The molecular formula is C17H16F2N2O3. The lowest BCUT2D eigenvalue weighted by molar-refractivity contribution is -0.0512. The fourth-order valence-electron chi connectivity index (χ4n) is 1.90. The second-order valence-electron chi connectivity index (χ2n) is 4.85. The first-order valence-corrected chi connectivity index (χ1v) is 7.02. The summed E-state index contributed by atoms with van der Waals surface area (Å²) in [5, 5.41) is 3.81. The molecule has 0 fully saturated rings. The van der Waals surface area contributed by atoms with E-state index in [1.54, 1.807) is 18.2 Å². The maximum Gasteiger partial charge on any atom is 0.387 e. The van der Waals surface area contributed by atoms with Crippen LogP contribution < -0.4 is 14.9 Å². The van der Waals surface area contributed by atoms with Crippen LogP contribution in [0, 0.1) is 6.92 Å². The minimum absolute atomic E-state index is 0.110. The van der Waals surface area contributed by atoms with E-state index in [1.165, 1.54) is 25.5 Å². The number of carbonyl (C=O) groups is 1. The Kier molecular flexibility index (Phi) is 5.83. The highest BCUT2D eigenvalue weighted by Gasteiger charge is 2.10. The van der Waals surface area contributed by atoms with Crippen LogP contribution in [0.15, 0.2) is 47.6 Å². The molecule has 24 heavy (non-hydrogen) atoms. The minimum atomic E-state index is -2.97. The number of amides is 1. The number of halogens is 2. The second-order valence-corrected chi connectivity index (χ2v) is 4.85. The number of ether oxygens (including phenoxy) is 2. The summed E-state index contributed by atoms with van der Waals surface area (Å²) in [4.78, 5) is 11.9. The third-order valence-electron chi connectivity index (χ3n) is 3.10. The van der Waals surface area contributed by atoms with Gasteiger partial charge in [-0.15, -0.1) is 0 Å². The topological polar surface area (TPSA) is 59.9 Å². The van der Waals surface area contributed by atoms with Crippen LogP contribution in [-0.2, 0) is 0 Å². The molecule has 0 unspecified atom stereocenters. The first-order valence-electron chi connectivity index (χ1n) is 7.02. The molecule has 0 bridgehead atoms. The highest BCUT2D eigenvalue weighted by atomic mass is 19.3. The van der Waals surface area contributed by atoms with Crippen LogP contribution in [0.5, 0.6) is 11.5 Å². The lowest BCUT2D eigenvalue weighted by Gasteiger charge is -2.10. The fourth-order valence-corrected chi connectivity index (χ4v) is 1.90. The first-order chi connectivity index (χ1) is 11.5. The van der Waals surface area contributed by atoms with E-state index in [-0.39, 0.29) is 17.4 Å². The van der Waals surface area contributed by atoms with Gasteiger partial charge in [0.05, 0.1) is 13.3 Å². The van der Waals surface area contributed by atoms with Crippen molar-refractivity contribution in [3.63, 3.8) is 0 Å². The number of rotatable bonds is 6. The lowest BCUT2D eigenvalue weighted by Crippen LogP contribution is -2.17. The van der Waals surface area contributed by atoms with Gasteiger partial charge in [0.1, 0.15) is 0 Å². The highest BCUT2D eigenvalue weighted by molar-refractivity contribution is 5.94. The van der Waals surface area contributed by atoms with Gasteiger partial charge in [-0.1, -0.05) is 17.7 Å². The SMILES string of the molecule is COc1ccc(/C=N\NC(=O)c2ccc(C)cc2)cc1OC(F)F. The number of nitrogens with one attached hydrogen (secondary N) is 1. The molecule has 0 radical (unpaired) electrons. The molecule has 2 rings (SSSR count). The maximum absolute atomic E-state index is 12.4. The average Bonchev–Trinajstić information content (AvgIpc) is 2.55. The number of hydrogen-bond acceptors (Lipinski definition) is 4. The number of hydrogen-bond donors (Lipinski definition) is 1. The highest BCUT2D eigenvalue weighted by Crippen LogP contribution is 2.28. The van der Waals surface area contributed by atoms with Gasteiger partial charge in [0, 0.05) is 5.56 Å². The molecule has 0 atom stereocenters. The molecule has 2 aromatic carbocycles. The summed E-state index contributed by atoms with van der Waals surface area (Å²) in [6.45, 7) is -1.05. The number of alkyl halides is 2. The van der Waals surface area contributed by atoms with Crippen molar-refractivity contribution in [3.05, 3.63) is 59.2 Å². The van der Waals surface area contributed by atoms with Crippen molar-refractivity contribution in [2.24, 2.45) is 5.10 Å². The standard InChI is InChI=1S/C17H16F2N2O3/c1-11-3-6-13(7-4-11)16(22)21-20-10-12-5-8-14(23-2)15(9-12)24-17(18)19/h3-10,17H,1-2H3,(H,21,22)/b20-10-. The van der Waals surface area contributed by atoms with E-state index in [2.05, 4.69) is 15.3 Å². The number of nitrogens with zero attached hydrogens (tertiary/aromatic N) is 1. The van der Waals surface area contributed by atoms with Gasteiger partial charge in [0.25, 0.3) is 5.91 Å². The third kappa shape index (κ3) is 4.77. The number of aryl methyl sites for hydroxylation is 1. The zero-order valence-electron chi connectivity index (χ0n) is 13.1. The van der Waals surface area contributed by atoms with Crippen LogP contribution in [0.3, 0.4) is 0 Å². The molecule has 0 spiro atoms. The summed E-state index contributed by atoms with van der Waals surface area (Å²) in [5.41, 5.74) is 4.34. The van der Waals surface area contributed by atoms with E-state index < -0.39 is 6.61 Å². The number of hydrazone groups is 1. The summed E-state index contributed by atoms with van der Waals surface area (Å²) < 4.78 is 34.1. The van der Waals surface area contributed by atoms with E-state index >= 15 is 0 Å². The molecule has 0 saturated carbocycles. The summed E-state index contributed by atoms with van der Waals surface area (Å²) >= 11 is 0. The average molecular weight is 334 g/mol. The predicted octanol–water partition coefficient (Wildman–Crippen LogP) is 3.37. The van der Waals surface area contributed by atoms with E-state index in [0.29, 0.717) is 11.1 Å². The molecule has 0 aliphatic rings. The van der Waals surface area contributed by atoms with Gasteiger partial charge in [-0.2, -0.15) is 13.9 Å². The molecular weight excluding hydrogens is 318 g/mol. The second kappa shape index (κ2) is 8.05. The van der Waals surface area contributed by atoms with Gasteiger partial charge >= 0.3 is 6.61 Å². The Morgan fingerprint density at radius 3 is 2.50 bits per heavy atom. The van der Waals surface area contributed by atoms with Gasteiger partial charge in [-0.3, -0.25) is 4.79 Å². The molecule has 0 aliphatic heterocycles. The first kappa shape index (κ1) is 17.4. The number of carbonyl (C=O) groups excluding carboxylic acids is 1. The van der Waals surface area contributed by atoms with Crippen molar-refractivity contribution in [1.29, 1.82) is 0 Å². The fraction of sp³-hybridized carbons (Fsp3) is 0.176. The van der Waals surface area contributed by atoms with Gasteiger partial charge < -0.3 is 9.47 Å². The Morgan fingerprint density at radius 1 is 1.17 bits per heavy atom.